The molecular formula is C14H27N3. The normalized spacial score (nSPS) is 20.1. The minimum Gasteiger partial charge on any atom is -0.300 e. The van der Waals surface area contributed by atoms with Crippen molar-refractivity contribution in [1.29, 1.82) is 5.26 Å². The summed E-state index contributed by atoms with van der Waals surface area (Å²) in [6, 6.07) is 2.78. The molecule has 0 bridgehead atoms. The van der Waals surface area contributed by atoms with Crippen molar-refractivity contribution in [2.24, 2.45) is 5.92 Å². The van der Waals surface area contributed by atoms with Gasteiger partial charge >= 0.3 is 0 Å². The summed E-state index contributed by atoms with van der Waals surface area (Å²) in [5.41, 5.74) is -0.423. The molecule has 1 rings (SSSR count). The smallest absolute Gasteiger partial charge is 0.116 e. The van der Waals surface area contributed by atoms with Crippen LogP contribution in [-0.2, 0) is 0 Å². The summed E-state index contributed by atoms with van der Waals surface area (Å²) in [7, 11) is 0. The van der Waals surface area contributed by atoms with Crippen molar-refractivity contribution in [3.8, 4) is 6.07 Å². The third-order valence-corrected chi connectivity index (χ3v) is 3.58. The maximum atomic E-state index is 9.34. The van der Waals surface area contributed by atoms with Gasteiger partial charge in [0.25, 0.3) is 0 Å². The molecule has 0 heterocycles. The van der Waals surface area contributed by atoms with Gasteiger partial charge in [0.1, 0.15) is 5.54 Å². The SMILES string of the molecule is CCN(CC1CCC1)CC(C)(C#N)NC(C)C. The minimum atomic E-state index is -0.423. The second-order valence-corrected chi connectivity index (χ2v) is 5.87. The van der Waals surface area contributed by atoms with Crippen LogP contribution in [0.2, 0.25) is 0 Å². The number of hydrogen-bond acceptors (Lipinski definition) is 3. The van der Waals surface area contributed by atoms with Gasteiger partial charge in [-0.05, 0) is 46.1 Å². The van der Waals surface area contributed by atoms with Crippen LogP contribution < -0.4 is 5.32 Å². The average molecular weight is 237 g/mol. The van der Waals surface area contributed by atoms with Crippen LogP contribution in [0.3, 0.4) is 0 Å². The van der Waals surface area contributed by atoms with Gasteiger partial charge in [-0.15, -0.1) is 0 Å². The Hall–Kier alpha value is -0.590. The van der Waals surface area contributed by atoms with Crippen LogP contribution in [0.15, 0.2) is 0 Å². The molecule has 1 N–H and O–H groups in total. The standard InChI is InChI=1S/C14H27N3/c1-5-17(9-13-7-6-8-13)11-14(4,10-15)16-12(2)3/h12-13,16H,5-9,11H2,1-4H3. The molecule has 3 nitrogen and oxygen atoms in total. The fraction of sp³-hybridized carbons (Fsp3) is 0.929. The number of nitriles is 1. The Bertz CT molecular complexity index is 265. The average Bonchev–Trinajstić information content (AvgIpc) is 2.20. The Balaban J connectivity index is 2.48. The number of hydrogen-bond donors (Lipinski definition) is 1. The molecular weight excluding hydrogens is 210 g/mol. The molecule has 0 amide bonds. The fourth-order valence-corrected chi connectivity index (χ4v) is 2.54. The molecule has 0 radical (unpaired) electrons. The monoisotopic (exact) mass is 237 g/mol. The van der Waals surface area contributed by atoms with E-state index < -0.39 is 5.54 Å². The van der Waals surface area contributed by atoms with E-state index in [9.17, 15) is 5.26 Å². The number of rotatable bonds is 7. The zero-order valence-electron chi connectivity index (χ0n) is 11.8. The van der Waals surface area contributed by atoms with Crippen molar-refractivity contribution >= 4 is 0 Å². The largest absolute Gasteiger partial charge is 0.300 e. The third-order valence-electron chi connectivity index (χ3n) is 3.58. The van der Waals surface area contributed by atoms with E-state index in [0.29, 0.717) is 6.04 Å². The van der Waals surface area contributed by atoms with E-state index in [0.717, 1.165) is 25.6 Å². The zero-order valence-corrected chi connectivity index (χ0v) is 11.8. The number of nitrogens with one attached hydrogen (secondary N) is 1. The molecule has 0 aliphatic heterocycles. The van der Waals surface area contributed by atoms with Crippen LogP contribution >= 0.6 is 0 Å². The topological polar surface area (TPSA) is 39.1 Å². The molecule has 3 heteroatoms. The predicted octanol–water partition coefficient (Wildman–Crippen LogP) is 2.39. The lowest BCUT2D eigenvalue weighted by atomic mass is 9.85. The van der Waals surface area contributed by atoms with Crippen molar-refractivity contribution in [2.75, 3.05) is 19.6 Å². The number of likely N-dealkylation sites (N-methyl/N-ethyl adjacent to an activating group) is 1. The molecule has 1 aliphatic carbocycles. The molecule has 98 valence electrons. The van der Waals surface area contributed by atoms with E-state index in [1.807, 2.05) is 6.92 Å². The van der Waals surface area contributed by atoms with E-state index in [1.54, 1.807) is 0 Å². The fourth-order valence-electron chi connectivity index (χ4n) is 2.54. The number of nitrogens with zero attached hydrogens (tertiary/aromatic N) is 2. The van der Waals surface area contributed by atoms with Gasteiger partial charge in [0.15, 0.2) is 0 Å². The molecule has 0 spiro atoms. The summed E-state index contributed by atoms with van der Waals surface area (Å²) in [5, 5.41) is 12.7. The molecule has 0 saturated heterocycles. The lowest BCUT2D eigenvalue weighted by molar-refractivity contribution is 0.156. The molecule has 1 aliphatic rings. The highest BCUT2D eigenvalue weighted by molar-refractivity contribution is 5.06. The Labute approximate surface area is 106 Å². The summed E-state index contributed by atoms with van der Waals surface area (Å²) in [6.07, 6.45) is 4.14. The van der Waals surface area contributed by atoms with Crippen molar-refractivity contribution in [3.05, 3.63) is 0 Å². The summed E-state index contributed by atoms with van der Waals surface area (Å²) in [5.74, 6) is 0.872. The third kappa shape index (κ3) is 4.65. The Morgan fingerprint density at radius 1 is 1.47 bits per heavy atom. The van der Waals surface area contributed by atoms with Crippen molar-refractivity contribution in [1.82, 2.24) is 10.2 Å². The van der Waals surface area contributed by atoms with Gasteiger partial charge in [-0.1, -0.05) is 13.3 Å². The van der Waals surface area contributed by atoms with Gasteiger partial charge in [0.05, 0.1) is 6.07 Å². The maximum Gasteiger partial charge on any atom is 0.116 e. The molecule has 1 saturated carbocycles. The van der Waals surface area contributed by atoms with E-state index >= 15 is 0 Å². The Morgan fingerprint density at radius 3 is 2.47 bits per heavy atom. The van der Waals surface area contributed by atoms with Crippen molar-refractivity contribution in [3.63, 3.8) is 0 Å². The van der Waals surface area contributed by atoms with Crippen molar-refractivity contribution < 1.29 is 0 Å². The second-order valence-electron chi connectivity index (χ2n) is 5.87. The van der Waals surface area contributed by atoms with Gasteiger partial charge in [0.2, 0.25) is 0 Å². The van der Waals surface area contributed by atoms with Crippen LogP contribution in [0, 0.1) is 17.2 Å². The molecule has 1 atom stereocenters. The lowest BCUT2D eigenvalue weighted by Crippen LogP contribution is -2.53. The van der Waals surface area contributed by atoms with Gasteiger partial charge in [-0.25, -0.2) is 0 Å². The highest BCUT2D eigenvalue weighted by Crippen LogP contribution is 2.27. The first-order chi connectivity index (χ1) is 7.99. The van der Waals surface area contributed by atoms with Crippen LogP contribution in [0.4, 0.5) is 0 Å². The predicted molar refractivity (Wildman–Crippen MR) is 71.7 cm³/mol. The van der Waals surface area contributed by atoms with Crippen molar-refractivity contribution in [2.45, 2.75) is 58.5 Å². The quantitative estimate of drug-likeness (QED) is 0.739. The summed E-state index contributed by atoms with van der Waals surface area (Å²) in [6.45, 7) is 11.4. The summed E-state index contributed by atoms with van der Waals surface area (Å²) < 4.78 is 0. The Morgan fingerprint density at radius 2 is 2.12 bits per heavy atom. The van der Waals surface area contributed by atoms with E-state index in [2.05, 4.69) is 37.1 Å². The van der Waals surface area contributed by atoms with E-state index in [1.165, 1.54) is 19.3 Å². The first kappa shape index (κ1) is 14.5. The van der Waals surface area contributed by atoms with Crippen LogP contribution in [0.25, 0.3) is 0 Å². The molecule has 1 unspecified atom stereocenters. The van der Waals surface area contributed by atoms with Gasteiger partial charge in [0, 0.05) is 19.1 Å². The van der Waals surface area contributed by atoms with Gasteiger partial charge in [-0.3, -0.25) is 5.32 Å². The van der Waals surface area contributed by atoms with Gasteiger partial charge in [-0.2, -0.15) is 5.26 Å². The first-order valence-electron chi connectivity index (χ1n) is 6.90. The summed E-state index contributed by atoms with van der Waals surface area (Å²) >= 11 is 0. The van der Waals surface area contributed by atoms with E-state index in [4.69, 9.17) is 0 Å². The van der Waals surface area contributed by atoms with Crippen LogP contribution in [-0.4, -0.2) is 36.1 Å². The van der Waals surface area contributed by atoms with Crippen LogP contribution in [0.5, 0.6) is 0 Å². The molecule has 1 fully saturated rings. The summed E-state index contributed by atoms with van der Waals surface area (Å²) in [4.78, 5) is 2.42. The Kier molecular flexibility index (Phi) is 5.42. The molecule has 0 aromatic carbocycles. The highest BCUT2D eigenvalue weighted by Gasteiger charge is 2.29. The minimum absolute atomic E-state index is 0.349. The zero-order chi connectivity index (χ0) is 12.9. The first-order valence-corrected chi connectivity index (χ1v) is 6.90. The molecule has 0 aromatic heterocycles. The van der Waals surface area contributed by atoms with E-state index in [-0.39, 0.29) is 0 Å². The van der Waals surface area contributed by atoms with Crippen LogP contribution in [0.1, 0.15) is 47.0 Å². The molecule has 0 aromatic rings. The maximum absolute atomic E-state index is 9.34. The second kappa shape index (κ2) is 6.37. The molecule has 17 heavy (non-hydrogen) atoms. The highest BCUT2D eigenvalue weighted by atomic mass is 15.2. The van der Waals surface area contributed by atoms with Gasteiger partial charge < -0.3 is 4.90 Å². The lowest BCUT2D eigenvalue weighted by Gasteiger charge is -2.36.